The van der Waals surface area contributed by atoms with E-state index in [4.69, 9.17) is 18.9 Å². The van der Waals surface area contributed by atoms with Crippen LogP contribution in [-0.2, 0) is 23.7 Å². The van der Waals surface area contributed by atoms with Gasteiger partial charge in [-0.1, -0.05) is 61.9 Å². The SMILES string of the molecule is CC[C@H]1O[C@]2(CC[C@@H]1C)C[C@@H]1C[C@@H](C/C=C(\C)C[C@@H](C)C=CC=C3CO[C@@H]4C(=NO)C(C)=C[C@@H](C(=O)O1)[C@]34O)O2. The normalized spacial score (nSPS) is 44.9. The van der Waals surface area contributed by atoms with Crippen molar-refractivity contribution in [3.05, 3.63) is 47.1 Å². The maximum absolute atomic E-state index is 13.9. The molecule has 1 aliphatic carbocycles. The number of fused-ring (bicyclic) bond motifs is 2. The number of esters is 1. The number of carbonyl (C=O) groups is 1. The molecule has 8 heteroatoms. The molecule has 4 heterocycles. The molecule has 0 radical (unpaired) electrons. The topological polar surface area (TPSA) is 107 Å². The first-order valence-corrected chi connectivity index (χ1v) is 14.9. The standard InChI is InChI=1S/C32H45NO7/c1-6-27-21(4)12-13-31(40-27)17-25-16-24(39-31)11-10-20(3)14-19(2)8-7-9-23-18-37-29-28(33-36)22(5)15-26(30(34)38-25)32(23,29)35/h7-10,15,19,21,24-27,29,35-36H,6,11-14,16-18H2,1-5H3/b8-7?,20-10+,23-9?,33-28?/t19-,21-,24+,25-,26-,27+,29+,31+,32+/m0/s1. The Kier molecular flexibility index (Phi) is 8.44. The van der Waals surface area contributed by atoms with Crippen molar-refractivity contribution < 1.29 is 34.1 Å². The van der Waals surface area contributed by atoms with Crippen molar-refractivity contribution in [3.63, 3.8) is 0 Å². The number of carbonyl (C=O) groups excluding carboxylic acids is 1. The van der Waals surface area contributed by atoms with Crippen molar-refractivity contribution in [2.24, 2.45) is 22.9 Å². The molecule has 220 valence electrons. The zero-order valence-electron chi connectivity index (χ0n) is 24.5. The van der Waals surface area contributed by atoms with E-state index in [1.807, 2.05) is 12.2 Å². The summed E-state index contributed by atoms with van der Waals surface area (Å²) in [6, 6.07) is 0. The van der Waals surface area contributed by atoms with Crippen molar-refractivity contribution in [2.75, 3.05) is 6.61 Å². The Bertz CT molecular complexity index is 1140. The molecule has 4 aliphatic heterocycles. The average molecular weight is 556 g/mol. The minimum atomic E-state index is -1.72. The average Bonchev–Trinajstić information content (AvgIpc) is 3.24. The number of ether oxygens (including phenoxy) is 4. The van der Waals surface area contributed by atoms with Crippen LogP contribution in [0, 0.1) is 17.8 Å². The maximum Gasteiger partial charge on any atom is 0.316 e. The van der Waals surface area contributed by atoms with Crippen LogP contribution >= 0.6 is 0 Å². The van der Waals surface area contributed by atoms with E-state index in [1.165, 1.54) is 5.57 Å². The minimum absolute atomic E-state index is 0.0940. The van der Waals surface area contributed by atoms with Gasteiger partial charge in [-0.15, -0.1) is 0 Å². The molecular weight excluding hydrogens is 510 g/mol. The second-order valence-electron chi connectivity index (χ2n) is 12.6. The number of hydrogen-bond donors (Lipinski definition) is 2. The second kappa shape index (κ2) is 11.6. The van der Waals surface area contributed by atoms with Gasteiger partial charge >= 0.3 is 5.97 Å². The van der Waals surface area contributed by atoms with Crippen molar-refractivity contribution in [1.82, 2.24) is 0 Å². The lowest BCUT2D eigenvalue weighted by molar-refractivity contribution is -0.335. The van der Waals surface area contributed by atoms with E-state index in [1.54, 1.807) is 13.0 Å². The molecule has 2 N–H and O–H groups in total. The van der Waals surface area contributed by atoms with E-state index >= 15 is 0 Å². The molecule has 0 unspecified atom stereocenters. The number of oxime groups is 1. The van der Waals surface area contributed by atoms with Gasteiger partial charge < -0.3 is 29.3 Å². The third-order valence-corrected chi connectivity index (χ3v) is 9.45. The highest BCUT2D eigenvalue weighted by Gasteiger charge is 2.59. The van der Waals surface area contributed by atoms with Crippen molar-refractivity contribution in [2.45, 2.75) is 115 Å². The van der Waals surface area contributed by atoms with Crippen LogP contribution in [0.1, 0.15) is 79.6 Å². The Hall–Kier alpha value is -2.26. The molecule has 3 saturated heterocycles. The number of nitrogens with zero attached hydrogens (tertiary/aromatic N) is 1. The van der Waals surface area contributed by atoms with E-state index < -0.39 is 35.5 Å². The quantitative estimate of drug-likeness (QED) is 0.193. The lowest BCUT2D eigenvalue weighted by atomic mass is 9.71. The lowest BCUT2D eigenvalue weighted by Crippen LogP contribution is -2.57. The van der Waals surface area contributed by atoms with E-state index in [0.29, 0.717) is 29.9 Å². The van der Waals surface area contributed by atoms with Crippen molar-refractivity contribution in [3.8, 4) is 0 Å². The van der Waals surface area contributed by atoms with Gasteiger partial charge in [0.1, 0.15) is 29.4 Å². The van der Waals surface area contributed by atoms with Gasteiger partial charge in [-0.2, -0.15) is 0 Å². The molecular formula is C32H45NO7. The third-order valence-electron chi connectivity index (χ3n) is 9.45. The monoisotopic (exact) mass is 555 g/mol. The summed E-state index contributed by atoms with van der Waals surface area (Å²) in [5.74, 6) is -1.60. The first kappa shape index (κ1) is 29.2. The Morgan fingerprint density at radius 1 is 1.18 bits per heavy atom. The zero-order chi connectivity index (χ0) is 28.7. The molecule has 40 heavy (non-hydrogen) atoms. The Morgan fingerprint density at radius 3 is 2.73 bits per heavy atom. The summed E-state index contributed by atoms with van der Waals surface area (Å²) < 4.78 is 25.5. The number of rotatable bonds is 1. The highest BCUT2D eigenvalue weighted by molar-refractivity contribution is 6.06. The van der Waals surface area contributed by atoms with Gasteiger partial charge in [-0.05, 0) is 62.5 Å². The molecule has 5 aliphatic rings. The van der Waals surface area contributed by atoms with Gasteiger partial charge in [-0.3, -0.25) is 4.79 Å². The van der Waals surface area contributed by atoms with E-state index in [2.05, 4.69) is 45.0 Å². The van der Waals surface area contributed by atoms with E-state index in [-0.39, 0.29) is 30.4 Å². The zero-order valence-corrected chi connectivity index (χ0v) is 24.5. The second-order valence-corrected chi connectivity index (χ2v) is 12.6. The first-order chi connectivity index (χ1) is 19.1. The van der Waals surface area contributed by atoms with Gasteiger partial charge in [0.2, 0.25) is 0 Å². The molecule has 0 saturated carbocycles. The van der Waals surface area contributed by atoms with Gasteiger partial charge in [0.15, 0.2) is 5.79 Å². The summed E-state index contributed by atoms with van der Waals surface area (Å²) in [5, 5.41) is 25.3. The molecule has 3 fully saturated rings. The van der Waals surface area contributed by atoms with E-state index in [0.717, 1.165) is 32.1 Å². The smallest absolute Gasteiger partial charge is 0.316 e. The predicted octanol–water partition coefficient (Wildman–Crippen LogP) is 5.39. The molecule has 0 aromatic rings. The first-order valence-electron chi connectivity index (χ1n) is 14.9. The summed E-state index contributed by atoms with van der Waals surface area (Å²) in [4.78, 5) is 13.9. The number of allylic oxidation sites excluding steroid dienone is 4. The molecule has 8 nitrogen and oxygen atoms in total. The predicted molar refractivity (Wildman–Crippen MR) is 151 cm³/mol. The fraction of sp³-hybridized carbons (Fsp3) is 0.688. The fourth-order valence-corrected chi connectivity index (χ4v) is 7.22. The van der Waals surface area contributed by atoms with Crippen LogP contribution in [0.15, 0.2) is 52.3 Å². The van der Waals surface area contributed by atoms with E-state index in [9.17, 15) is 15.1 Å². The van der Waals surface area contributed by atoms with Crippen LogP contribution in [-0.4, -0.2) is 64.4 Å². The van der Waals surface area contributed by atoms with Crippen molar-refractivity contribution >= 4 is 11.7 Å². The molecule has 5 rings (SSSR count). The van der Waals surface area contributed by atoms with Crippen LogP contribution in [0.25, 0.3) is 0 Å². The van der Waals surface area contributed by atoms with Crippen LogP contribution < -0.4 is 0 Å². The summed E-state index contributed by atoms with van der Waals surface area (Å²) in [6.45, 7) is 10.5. The van der Waals surface area contributed by atoms with Gasteiger partial charge in [0.25, 0.3) is 0 Å². The number of aliphatic hydroxyl groups is 1. The van der Waals surface area contributed by atoms with Crippen LogP contribution in [0.5, 0.6) is 0 Å². The summed E-state index contributed by atoms with van der Waals surface area (Å²) in [5.41, 5.74) is 0.922. The van der Waals surface area contributed by atoms with Gasteiger partial charge in [-0.25, -0.2) is 0 Å². The minimum Gasteiger partial charge on any atom is -0.462 e. The van der Waals surface area contributed by atoms with Crippen LogP contribution in [0.2, 0.25) is 0 Å². The number of hydrogen-bond acceptors (Lipinski definition) is 8. The largest absolute Gasteiger partial charge is 0.462 e. The van der Waals surface area contributed by atoms with Gasteiger partial charge in [0.05, 0.1) is 18.8 Å². The Morgan fingerprint density at radius 2 is 1.98 bits per heavy atom. The molecule has 1 spiro atoms. The Balaban J connectivity index is 1.53. The van der Waals surface area contributed by atoms with Gasteiger partial charge in [0, 0.05) is 19.3 Å². The molecule has 0 aromatic carbocycles. The van der Waals surface area contributed by atoms with Crippen molar-refractivity contribution in [1.29, 1.82) is 0 Å². The summed E-state index contributed by atoms with van der Waals surface area (Å²) in [7, 11) is 0. The molecule has 0 aromatic heterocycles. The summed E-state index contributed by atoms with van der Waals surface area (Å²) >= 11 is 0. The lowest BCUT2D eigenvalue weighted by Gasteiger charge is -2.49. The molecule has 9 atom stereocenters. The highest BCUT2D eigenvalue weighted by atomic mass is 16.7. The fourth-order valence-electron chi connectivity index (χ4n) is 7.22. The van der Waals surface area contributed by atoms with Crippen LogP contribution in [0.4, 0.5) is 0 Å². The molecule has 2 bridgehead atoms. The van der Waals surface area contributed by atoms with Crippen LogP contribution in [0.3, 0.4) is 0 Å². The summed E-state index contributed by atoms with van der Waals surface area (Å²) in [6.07, 6.45) is 13.6. The molecule has 0 amide bonds. The highest BCUT2D eigenvalue weighted by Crippen LogP contribution is 2.46. The Labute approximate surface area is 237 Å². The third kappa shape index (κ3) is 5.48. The maximum atomic E-state index is 13.9.